The Morgan fingerprint density at radius 3 is 3.06 bits per heavy atom. The van der Waals surface area contributed by atoms with E-state index in [9.17, 15) is 0 Å². The standard InChI is InChI=1S/C14H23NOS/c1-3-8-15-13(11-12-6-4-9-16-12)14(2)7-5-10-17-14/h4,6,9,13,15H,3,5,7-8,10-11H2,1-2H3. The molecule has 1 saturated heterocycles. The van der Waals surface area contributed by atoms with E-state index in [0.29, 0.717) is 10.8 Å². The van der Waals surface area contributed by atoms with Crippen LogP contribution in [0, 0.1) is 0 Å². The lowest BCUT2D eigenvalue weighted by Gasteiger charge is -2.33. The molecule has 1 fully saturated rings. The third-order valence-electron chi connectivity index (χ3n) is 3.61. The molecule has 2 atom stereocenters. The van der Waals surface area contributed by atoms with Gasteiger partial charge in [0.1, 0.15) is 5.76 Å². The lowest BCUT2D eigenvalue weighted by Crippen LogP contribution is -2.47. The van der Waals surface area contributed by atoms with E-state index in [0.717, 1.165) is 18.7 Å². The smallest absolute Gasteiger partial charge is 0.105 e. The van der Waals surface area contributed by atoms with Crippen molar-refractivity contribution in [3.05, 3.63) is 24.2 Å². The Labute approximate surface area is 109 Å². The van der Waals surface area contributed by atoms with Gasteiger partial charge in [-0.05, 0) is 50.6 Å². The molecule has 1 aromatic rings. The minimum Gasteiger partial charge on any atom is -0.469 e. The maximum Gasteiger partial charge on any atom is 0.105 e. The second-order valence-corrected chi connectivity index (χ2v) is 6.68. The molecule has 0 aromatic carbocycles. The molecular weight excluding hydrogens is 230 g/mol. The average Bonchev–Trinajstić information content (AvgIpc) is 2.96. The first-order valence-corrected chi connectivity index (χ1v) is 7.63. The molecule has 3 heteroatoms. The number of rotatable bonds is 6. The summed E-state index contributed by atoms with van der Waals surface area (Å²) < 4.78 is 5.88. The lowest BCUT2D eigenvalue weighted by molar-refractivity contribution is 0.370. The number of hydrogen-bond donors (Lipinski definition) is 1. The highest BCUT2D eigenvalue weighted by Gasteiger charge is 2.37. The van der Waals surface area contributed by atoms with E-state index >= 15 is 0 Å². The monoisotopic (exact) mass is 253 g/mol. The summed E-state index contributed by atoms with van der Waals surface area (Å²) >= 11 is 2.12. The van der Waals surface area contributed by atoms with Crippen LogP contribution in [0.1, 0.15) is 38.9 Å². The number of thioether (sulfide) groups is 1. The van der Waals surface area contributed by atoms with Gasteiger partial charge in [0.2, 0.25) is 0 Å². The number of nitrogens with one attached hydrogen (secondary N) is 1. The molecule has 2 nitrogen and oxygen atoms in total. The summed E-state index contributed by atoms with van der Waals surface area (Å²) in [5, 5.41) is 3.71. The fourth-order valence-electron chi connectivity index (χ4n) is 2.53. The molecule has 96 valence electrons. The minimum absolute atomic E-state index is 0.377. The summed E-state index contributed by atoms with van der Waals surface area (Å²) in [6.45, 7) is 5.73. The van der Waals surface area contributed by atoms with Gasteiger partial charge in [-0.3, -0.25) is 0 Å². The summed E-state index contributed by atoms with van der Waals surface area (Å²) in [5.41, 5.74) is 0. The van der Waals surface area contributed by atoms with Gasteiger partial charge in [-0.2, -0.15) is 11.8 Å². The summed E-state index contributed by atoms with van der Waals surface area (Å²) in [5.74, 6) is 2.41. The first kappa shape index (κ1) is 13.0. The summed E-state index contributed by atoms with van der Waals surface area (Å²) in [6, 6.07) is 4.60. The Morgan fingerprint density at radius 1 is 1.59 bits per heavy atom. The van der Waals surface area contributed by atoms with Gasteiger partial charge >= 0.3 is 0 Å². The van der Waals surface area contributed by atoms with E-state index in [1.807, 2.05) is 6.07 Å². The van der Waals surface area contributed by atoms with Crippen LogP contribution in [-0.2, 0) is 6.42 Å². The Balaban J connectivity index is 2.02. The van der Waals surface area contributed by atoms with E-state index < -0.39 is 0 Å². The van der Waals surface area contributed by atoms with Crippen molar-refractivity contribution in [2.24, 2.45) is 0 Å². The zero-order valence-electron chi connectivity index (χ0n) is 10.9. The molecule has 2 heterocycles. The van der Waals surface area contributed by atoms with Crippen LogP contribution in [-0.4, -0.2) is 23.1 Å². The van der Waals surface area contributed by atoms with Crippen molar-refractivity contribution in [1.29, 1.82) is 0 Å². The summed E-state index contributed by atoms with van der Waals surface area (Å²) in [6.07, 6.45) is 6.64. The first-order chi connectivity index (χ1) is 8.24. The Bertz CT molecular complexity index is 317. The molecular formula is C14H23NOS. The van der Waals surface area contributed by atoms with Crippen molar-refractivity contribution in [1.82, 2.24) is 5.32 Å². The average molecular weight is 253 g/mol. The van der Waals surface area contributed by atoms with Gasteiger partial charge in [0.05, 0.1) is 6.26 Å². The maximum atomic E-state index is 5.50. The van der Waals surface area contributed by atoms with Crippen LogP contribution >= 0.6 is 11.8 Å². The normalized spacial score (nSPS) is 26.2. The van der Waals surface area contributed by atoms with Crippen molar-refractivity contribution < 1.29 is 4.42 Å². The van der Waals surface area contributed by atoms with Crippen LogP contribution in [0.2, 0.25) is 0 Å². The topological polar surface area (TPSA) is 25.2 Å². The lowest BCUT2D eigenvalue weighted by atomic mass is 9.92. The van der Waals surface area contributed by atoms with Crippen LogP contribution < -0.4 is 5.32 Å². The van der Waals surface area contributed by atoms with Crippen molar-refractivity contribution in [2.75, 3.05) is 12.3 Å². The Hall–Kier alpha value is -0.410. The molecule has 1 aromatic heterocycles. The van der Waals surface area contributed by atoms with E-state index in [2.05, 4.69) is 37.0 Å². The van der Waals surface area contributed by atoms with E-state index in [1.54, 1.807) is 6.26 Å². The molecule has 0 amide bonds. The van der Waals surface area contributed by atoms with E-state index in [-0.39, 0.29) is 0 Å². The molecule has 1 aliphatic rings. The fraction of sp³-hybridized carbons (Fsp3) is 0.714. The molecule has 2 unspecified atom stereocenters. The van der Waals surface area contributed by atoms with Gasteiger partial charge in [-0.25, -0.2) is 0 Å². The first-order valence-electron chi connectivity index (χ1n) is 6.64. The minimum atomic E-state index is 0.377. The SMILES string of the molecule is CCCNC(Cc1ccco1)C1(C)CCCS1. The molecule has 0 spiro atoms. The Kier molecular flexibility index (Phi) is 4.57. The van der Waals surface area contributed by atoms with Gasteiger partial charge in [-0.1, -0.05) is 6.92 Å². The van der Waals surface area contributed by atoms with Crippen LogP contribution in [0.15, 0.2) is 22.8 Å². The second kappa shape index (κ2) is 5.96. The third-order valence-corrected chi connectivity index (χ3v) is 5.25. The van der Waals surface area contributed by atoms with Gasteiger partial charge < -0.3 is 9.73 Å². The molecule has 2 rings (SSSR count). The van der Waals surface area contributed by atoms with E-state index in [4.69, 9.17) is 4.42 Å². The summed E-state index contributed by atoms with van der Waals surface area (Å²) in [7, 11) is 0. The molecule has 1 N–H and O–H groups in total. The van der Waals surface area contributed by atoms with Crippen molar-refractivity contribution >= 4 is 11.8 Å². The fourth-order valence-corrected chi connectivity index (χ4v) is 3.94. The molecule has 0 bridgehead atoms. The summed E-state index contributed by atoms with van der Waals surface area (Å²) in [4.78, 5) is 0. The maximum absolute atomic E-state index is 5.50. The third kappa shape index (κ3) is 3.29. The van der Waals surface area contributed by atoms with Crippen LogP contribution in [0.25, 0.3) is 0 Å². The van der Waals surface area contributed by atoms with Gasteiger partial charge in [-0.15, -0.1) is 0 Å². The predicted molar refractivity (Wildman–Crippen MR) is 74.6 cm³/mol. The predicted octanol–water partition coefficient (Wildman–Crippen LogP) is 3.48. The highest BCUT2D eigenvalue weighted by atomic mass is 32.2. The molecule has 17 heavy (non-hydrogen) atoms. The van der Waals surface area contributed by atoms with Gasteiger partial charge in [0.25, 0.3) is 0 Å². The van der Waals surface area contributed by atoms with Crippen molar-refractivity contribution in [3.8, 4) is 0 Å². The molecule has 0 aliphatic carbocycles. The zero-order valence-corrected chi connectivity index (χ0v) is 11.7. The van der Waals surface area contributed by atoms with E-state index in [1.165, 1.54) is 25.0 Å². The number of hydrogen-bond acceptors (Lipinski definition) is 3. The molecule has 0 radical (unpaired) electrons. The van der Waals surface area contributed by atoms with Crippen molar-refractivity contribution in [3.63, 3.8) is 0 Å². The van der Waals surface area contributed by atoms with Crippen molar-refractivity contribution in [2.45, 2.75) is 50.3 Å². The zero-order chi connectivity index (χ0) is 12.1. The Morgan fingerprint density at radius 2 is 2.47 bits per heavy atom. The number of furan rings is 1. The molecule has 1 aliphatic heterocycles. The van der Waals surface area contributed by atoms with Gasteiger partial charge in [0.15, 0.2) is 0 Å². The van der Waals surface area contributed by atoms with Crippen LogP contribution in [0.5, 0.6) is 0 Å². The van der Waals surface area contributed by atoms with Crippen LogP contribution in [0.3, 0.4) is 0 Å². The highest BCUT2D eigenvalue weighted by Crippen LogP contribution is 2.41. The highest BCUT2D eigenvalue weighted by molar-refractivity contribution is 8.00. The molecule has 0 saturated carbocycles. The quantitative estimate of drug-likeness (QED) is 0.840. The largest absolute Gasteiger partial charge is 0.469 e. The second-order valence-electron chi connectivity index (χ2n) is 5.05. The van der Waals surface area contributed by atoms with Gasteiger partial charge in [0, 0.05) is 17.2 Å². The van der Waals surface area contributed by atoms with Crippen LogP contribution in [0.4, 0.5) is 0 Å².